The average Bonchev–Trinajstić information content (AvgIpc) is 2.97. The highest BCUT2D eigenvalue weighted by atomic mass is 32.2. The molecule has 3 fully saturated rings. The lowest BCUT2D eigenvalue weighted by Crippen LogP contribution is -2.63. The SMILES string of the molecule is CN1CNC([N+](=O)[O-])C1SC1NCNC2NCNC21. The summed E-state index contributed by atoms with van der Waals surface area (Å²) in [6, 6.07) is 0.236. The summed E-state index contributed by atoms with van der Waals surface area (Å²) in [6.07, 6.45) is -0.480. The zero-order valence-corrected chi connectivity index (χ0v) is 11.4. The first-order chi connectivity index (χ1) is 9.16. The molecule has 3 heterocycles. The van der Waals surface area contributed by atoms with E-state index in [0.29, 0.717) is 13.3 Å². The van der Waals surface area contributed by atoms with E-state index in [2.05, 4.69) is 26.6 Å². The van der Waals surface area contributed by atoms with Crippen molar-refractivity contribution >= 4 is 11.8 Å². The monoisotopic (exact) mass is 289 g/mol. The molecular formula is C9H19N7O2S. The number of fused-ring (bicyclic) bond motifs is 1. The zero-order chi connectivity index (χ0) is 13.4. The van der Waals surface area contributed by atoms with Crippen LogP contribution in [-0.4, -0.2) is 66.0 Å². The Labute approximate surface area is 115 Å². The van der Waals surface area contributed by atoms with Gasteiger partial charge >= 0.3 is 0 Å². The maximum atomic E-state index is 11.1. The van der Waals surface area contributed by atoms with Crippen LogP contribution in [0.1, 0.15) is 0 Å². The molecule has 0 spiro atoms. The normalized spacial score (nSPS) is 43.3. The predicted molar refractivity (Wildman–Crippen MR) is 71.6 cm³/mol. The van der Waals surface area contributed by atoms with Crippen molar-refractivity contribution in [2.24, 2.45) is 0 Å². The number of thioether (sulfide) groups is 1. The molecule has 3 saturated heterocycles. The second-order valence-corrected chi connectivity index (χ2v) is 6.23. The van der Waals surface area contributed by atoms with E-state index in [9.17, 15) is 10.1 Å². The summed E-state index contributed by atoms with van der Waals surface area (Å²) in [7, 11) is 1.91. The Balaban J connectivity index is 1.67. The van der Waals surface area contributed by atoms with E-state index in [1.54, 1.807) is 11.8 Å². The molecule has 0 bridgehead atoms. The third-order valence-electron chi connectivity index (χ3n) is 3.74. The minimum atomic E-state index is -0.709. The van der Waals surface area contributed by atoms with Crippen molar-refractivity contribution in [3.05, 3.63) is 10.1 Å². The summed E-state index contributed by atoms with van der Waals surface area (Å²) in [5.41, 5.74) is 0. The van der Waals surface area contributed by atoms with E-state index < -0.39 is 6.17 Å². The van der Waals surface area contributed by atoms with E-state index in [4.69, 9.17) is 0 Å². The predicted octanol–water partition coefficient (Wildman–Crippen LogP) is -2.54. The van der Waals surface area contributed by atoms with Crippen LogP contribution in [0.5, 0.6) is 0 Å². The molecule has 9 nitrogen and oxygen atoms in total. The van der Waals surface area contributed by atoms with Crippen molar-refractivity contribution in [3.63, 3.8) is 0 Å². The van der Waals surface area contributed by atoms with Gasteiger partial charge in [-0.05, 0) is 7.05 Å². The number of nitrogens with zero attached hydrogens (tertiary/aromatic N) is 2. The van der Waals surface area contributed by atoms with Crippen LogP contribution >= 0.6 is 11.8 Å². The minimum absolute atomic E-state index is 0.149. The van der Waals surface area contributed by atoms with Gasteiger partial charge in [-0.2, -0.15) is 0 Å². The third-order valence-corrected chi connectivity index (χ3v) is 5.39. The number of rotatable bonds is 3. The second-order valence-electron chi connectivity index (χ2n) is 4.97. The summed E-state index contributed by atoms with van der Waals surface area (Å²) in [5, 5.41) is 27.4. The Morgan fingerprint density at radius 2 is 1.95 bits per heavy atom. The molecule has 3 aliphatic heterocycles. The summed E-state index contributed by atoms with van der Waals surface area (Å²) in [5.74, 6) is 0. The van der Waals surface area contributed by atoms with Crippen LogP contribution in [0.15, 0.2) is 0 Å². The van der Waals surface area contributed by atoms with Gasteiger partial charge in [0, 0.05) is 18.3 Å². The van der Waals surface area contributed by atoms with Gasteiger partial charge in [-0.3, -0.25) is 36.3 Å². The lowest BCUT2D eigenvalue weighted by molar-refractivity contribution is -0.525. The standard InChI is InChI=1S/C9H19N7O2S/c1-15-4-14-7(16(17)18)9(15)19-8-5-6(11-2-10-5)12-3-13-8/h5-14H,2-4H2,1H3. The topological polar surface area (TPSA) is 107 Å². The number of nitro groups is 1. The molecule has 0 aromatic rings. The van der Waals surface area contributed by atoms with E-state index >= 15 is 0 Å². The van der Waals surface area contributed by atoms with Crippen LogP contribution in [0.2, 0.25) is 0 Å². The first-order valence-corrected chi connectivity index (χ1v) is 7.27. The molecule has 0 saturated carbocycles. The van der Waals surface area contributed by atoms with Gasteiger partial charge in [0.15, 0.2) is 0 Å². The van der Waals surface area contributed by atoms with Gasteiger partial charge in [0.1, 0.15) is 5.37 Å². The number of hydrogen-bond acceptors (Lipinski definition) is 9. The summed E-state index contributed by atoms with van der Waals surface area (Å²) >= 11 is 1.62. The molecule has 10 heteroatoms. The van der Waals surface area contributed by atoms with Crippen molar-refractivity contribution in [3.8, 4) is 0 Å². The number of likely N-dealkylation sites (N-methyl/N-ethyl adjacent to an activating group) is 1. The molecule has 5 unspecified atom stereocenters. The van der Waals surface area contributed by atoms with Gasteiger partial charge in [0.2, 0.25) is 0 Å². The summed E-state index contributed by atoms with van der Waals surface area (Å²) in [6.45, 7) is 2.02. The Kier molecular flexibility index (Phi) is 3.89. The molecule has 0 aliphatic carbocycles. The van der Waals surface area contributed by atoms with Crippen LogP contribution in [0.3, 0.4) is 0 Å². The van der Waals surface area contributed by atoms with Crippen LogP contribution in [0.25, 0.3) is 0 Å². The van der Waals surface area contributed by atoms with E-state index in [0.717, 1.165) is 6.67 Å². The van der Waals surface area contributed by atoms with Crippen LogP contribution in [0.4, 0.5) is 0 Å². The fourth-order valence-corrected chi connectivity index (χ4v) is 4.25. The highest BCUT2D eigenvalue weighted by Crippen LogP contribution is 2.29. The Bertz CT molecular complexity index is 359. The molecule has 0 amide bonds. The van der Waals surface area contributed by atoms with Gasteiger partial charge in [-0.1, -0.05) is 0 Å². The van der Waals surface area contributed by atoms with Crippen molar-refractivity contribution < 1.29 is 4.92 Å². The molecule has 108 valence electrons. The highest BCUT2D eigenvalue weighted by Gasteiger charge is 2.45. The molecule has 0 aromatic heterocycles. The first-order valence-electron chi connectivity index (χ1n) is 6.33. The van der Waals surface area contributed by atoms with E-state index in [1.807, 2.05) is 11.9 Å². The quantitative estimate of drug-likeness (QED) is 0.284. The molecule has 5 atom stereocenters. The Hall–Kier alpha value is -0.490. The van der Waals surface area contributed by atoms with Crippen molar-refractivity contribution in [2.75, 3.05) is 27.1 Å². The smallest absolute Gasteiger partial charge is 0.291 e. The minimum Gasteiger partial charge on any atom is -0.297 e. The van der Waals surface area contributed by atoms with Crippen molar-refractivity contribution in [2.45, 2.75) is 29.1 Å². The number of nitrogens with one attached hydrogen (secondary N) is 5. The van der Waals surface area contributed by atoms with Crippen molar-refractivity contribution in [1.82, 2.24) is 31.5 Å². The molecule has 19 heavy (non-hydrogen) atoms. The average molecular weight is 289 g/mol. The molecule has 3 aliphatic rings. The van der Waals surface area contributed by atoms with Crippen molar-refractivity contribution in [1.29, 1.82) is 0 Å². The fourth-order valence-electron chi connectivity index (χ4n) is 2.72. The molecule has 0 aromatic carbocycles. The lowest BCUT2D eigenvalue weighted by Gasteiger charge is -2.36. The second kappa shape index (κ2) is 5.48. The first kappa shape index (κ1) is 13.5. The molecule has 3 rings (SSSR count). The molecular weight excluding hydrogens is 270 g/mol. The fraction of sp³-hybridized carbons (Fsp3) is 1.00. The van der Waals surface area contributed by atoms with Gasteiger partial charge in [-0.25, -0.2) is 5.32 Å². The zero-order valence-electron chi connectivity index (χ0n) is 10.6. The summed E-state index contributed by atoms with van der Waals surface area (Å²) < 4.78 is 0. The van der Waals surface area contributed by atoms with Crippen LogP contribution in [0, 0.1) is 10.1 Å². The molecule has 0 radical (unpaired) electrons. The Morgan fingerprint density at radius 1 is 1.21 bits per heavy atom. The largest absolute Gasteiger partial charge is 0.297 e. The van der Waals surface area contributed by atoms with Crippen LogP contribution < -0.4 is 26.6 Å². The van der Waals surface area contributed by atoms with E-state index in [1.165, 1.54) is 0 Å². The van der Waals surface area contributed by atoms with Gasteiger partial charge in [0.05, 0.1) is 24.3 Å². The maximum Gasteiger partial charge on any atom is 0.291 e. The maximum absolute atomic E-state index is 11.1. The Morgan fingerprint density at radius 3 is 2.68 bits per heavy atom. The van der Waals surface area contributed by atoms with Gasteiger partial charge in [0.25, 0.3) is 6.17 Å². The summed E-state index contributed by atoms with van der Waals surface area (Å²) in [4.78, 5) is 12.8. The highest BCUT2D eigenvalue weighted by molar-refractivity contribution is 8.00. The molecule has 5 N–H and O–H groups in total. The van der Waals surface area contributed by atoms with Gasteiger partial charge < -0.3 is 0 Å². The lowest BCUT2D eigenvalue weighted by atomic mass is 10.2. The number of hydrogen-bond donors (Lipinski definition) is 5. The van der Waals surface area contributed by atoms with Crippen LogP contribution in [-0.2, 0) is 0 Å². The van der Waals surface area contributed by atoms with Gasteiger partial charge in [-0.15, -0.1) is 11.8 Å². The third kappa shape index (κ3) is 2.57. The van der Waals surface area contributed by atoms with E-state index in [-0.39, 0.29) is 27.9 Å².